The number of hydrogen-bond acceptors (Lipinski definition) is 10. The predicted molar refractivity (Wildman–Crippen MR) is 155 cm³/mol. The summed E-state index contributed by atoms with van der Waals surface area (Å²) in [7, 11) is 5.01. The number of halogens is 3. The van der Waals surface area contributed by atoms with E-state index in [4.69, 9.17) is 22.1 Å². The molecule has 2 bridgehead atoms. The molecule has 3 N–H and O–H groups in total. The zero-order chi connectivity index (χ0) is 32.2. The summed E-state index contributed by atoms with van der Waals surface area (Å²) >= 11 is 0. The molecule has 3 atom stereocenters. The molecule has 3 unspecified atom stereocenters. The molecule has 0 saturated carbocycles. The van der Waals surface area contributed by atoms with Gasteiger partial charge in [0.15, 0.2) is 19.3 Å². The standard InChI is InChI=1S/C30H28BF3N6O6/c31-30(42,43)38-28(41)16-5-21(25(32)22(6-16)26(33)34)23-9-36-40-12-24(29(37-27(23)40)46-19-3-4-44-14-19)15-1-2-17(35-8-15)10-39-11-20-7-18(39)13-45-20/h1-2,5-6,8-9,12,18-20,26,42-43H,3-4,7,10-11,13-14H2,(H,38,41). The number of morpholine rings is 1. The van der Waals surface area contributed by atoms with Crippen molar-refractivity contribution in [2.24, 2.45) is 0 Å². The molecule has 1 amide bonds. The molecule has 3 aliphatic heterocycles. The summed E-state index contributed by atoms with van der Waals surface area (Å²) in [5.74, 6) is -5.49. The first kappa shape index (κ1) is 30.6. The first-order chi connectivity index (χ1) is 22.0. The molecule has 3 aliphatic rings. The van der Waals surface area contributed by atoms with Crippen molar-refractivity contribution in [1.82, 2.24) is 29.8 Å². The minimum Gasteiger partial charge on any atom is -0.471 e. The van der Waals surface area contributed by atoms with Crippen LogP contribution in [0.1, 0.15) is 40.9 Å². The van der Waals surface area contributed by atoms with E-state index in [1.165, 1.54) is 10.7 Å². The van der Waals surface area contributed by atoms with E-state index in [0.29, 0.717) is 49.4 Å². The third-order valence-corrected chi connectivity index (χ3v) is 8.32. The van der Waals surface area contributed by atoms with Gasteiger partial charge in [-0.2, -0.15) is 10.1 Å². The van der Waals surface area contributed by atoms with Crippen LogP contribution in [0.3, 0.4) is 0 Å². The van der Waals surface area contributed by atoms with Gasteiger partial charge in [-0.1, -0.05) is 6.07 Å². The van der Waals surface area contributed by atoms with Gasteiger partial charge in [0, 0.05) is 60.2 Å². The molecule has 16 heteroatoms. The number of carbonyl (C=O) groups is 1. The Balaban J connectivity index is 1.27. The Hall–Kier alpha value is -4.09. The van der Waals surface area contributed by atoms with Gasteiger partial charge in [-0.25, -0.2) is 17.7 Å². The van der Waals surface area contributed by atoms with E-state index in [-0.39, 0.29) is 29.3 Å². The van der Waals surface area contributed by atoms with Gasteiger partial charge in [0.1, 0.15) is 11.9 Å². The average molecular weight is 636 g/mol. The van der Waals surface area contributed by atoms with E-state index in [1.54, 1.807) is 17.7 Å². The van der Waals surface area contributed by atoms with Crippen molar-refractivity contribution in [3.05, 3.63) is 65.5 Å². The van der Waals surface area contributed by atoms with Crippen molar-refractivity contribution in [1.29, 1.82) is 0 Å². The number of pyridine rings is 1. The lowest BCUT2D eigenvalue weighted by Gasteiger charge is -2.26. The second kappa shape index (κ2) is 11.9. The van der Waals surface area contributed by atoms with Crippen LogP contribution in [0, 0.1) is 5.82 Å². The Labute approximate surface area is 261 Å². The van der Waals surface area contributed by atoms with Crippen molar-refractivity contribution in [2.45, 2.75) is 49.9 Å². The number of amides is 1. The zero-order valence-electron chi connectivity index (χ0n) is 24.3. The largest absolute Gasteiger partial charge is 0.471 e. The van der Waals surface area contributed by atoms with Crippen molar-refractivity contribution in [3.63, 3.8) is 0 Å². The molecule has 3 fully saturated rings. The number of aliphatic hydroxyl groups is 2. The van der Waals surface area contributed by atoms with Gasteiger partial charge < -0.3 is 29.7 Å². The van der Waals surface area contributed by atoms with E-state index < -0.39 is 40.7 Å². The number of aromatic nitrogens is 4. The molecule has 0 spiro atoms. The summed E-state index contributed by atoms with van der Waals surface area (Å²) in [6.45, 7) is 3.14. The summed E-state index contributed by atoms with van der Waals surface area (Å²) in [6, 6.07) is 5.80. The minimum atomic E-state index is -3.30. The number of likely N-dealkylation sites (tertiary alicyclic amines) is 1. The molecule has 46 heavy (non-hydrogen) atoms. The number of rotatable bonds is 9. The van der Waals surface area contributed by atoms with Crippen LogP contribution in [0.15, 0.2) is 42.9 Å². The predicted octanol–water partition coefficient (Wildman–Crippen LogP) is 2.17. The number of benzene rings is 1. The summed E-state index contributed by atoms with van der Waals surface area (Å²) in [5, 5.41) is 24.7. The average Bonchev–Trinajstić information content (AvgIpc) is 3.83. The van der Waals surface area contributed by atoms with Crippen LogP contribution in [0.25, 0.3) is 27.9 Å². The monoisotopic (exact) mass is 636 g/mol. The maximum absolute atomic E-state index is 15.5. The van der Waals surface area contributed by atoms with Gasteiger partial charge in [0.05, 0.1) is 48.9 Å². The van der Waals surface area contributed by atoms with Gasteiger partial charge in [-0.3, -0.25) is 14.7 Å². The third-order valence-electron chi connectivity index (χ3n) is 8.32. The lowest BCUT2D eigenvalue weighted by molar-refractivity contribution is -0.102. The Morgan fingerprint density at radius 3 is 2.70 bits per heavy atom. The Bertz CT molecular complexity index is 1780. The van der Waals surface area contributed by atoms with Crippen LogP contribution in [-0.4, -0.2) is 98.9 Å². The Kier molecular flexibility index (Phi) is 7.93. The topological polar surface area (TPSA) is 144 Å². The summed E-state index contributed by atoms with van der Waals surface area (Å²) in [6.07, 6.45) is 2.86. The minimum absolute atomic E-state index is 0.0162. The fourth-order valence-electron chi connectivity index (χ4n) is 6.07. The van der Waals surface area contributed by atoms with Gasteiger partial charge in [-0.15, -0.1) is 0 Å². The number of nitrogens with one attached hydrogen (secondary N) is 1. The molecule has 12 nitrogen and oxygen atoms in total. The van der Waals surface area contributed by atoms with Crippen LogP contribution in [0.4, 0.5) is 13.2 Å². The highest BCUT2D eigenvalue weighted by atomic mass is 19.3. The third kappa shape index (κ3) is 6.05. The SMILES string of the molecule is [B]C(O)(O)NC(=O)c1cc(-c2cnn3cc(-c4ccc(CN5CC6CC5CO6)nc4)c(OC4CCOC4)nc23)c(F)c(C(F)F)c1. The van der Waals surface area contributed by atoms with E-state index in [1.807, 2.05) is 12.1 Å². The number of alkyl halides is 2. The maximum atomic E-state index is 15.5. The van der Waals surface area contributed by atoms with Crippen LogP contribution < -0.4 is 10.1 Å². The van der Waals surface area contributed by atoms with Crippen LogP contribution >= 0.6 is 0 Å². The van der Waals surface area contributed by atoms with E-state index >= 15 is 4.39 Å². The number of nitrogens with zero attached hydrogens (tertiary/aromatic N) is 5. The fraction of sp³-hybridized carbons (Fsp3) is 0.400. The number of fused-ring (bicyclic) bond motifs is 3. The highest BCUT2D eigenvalue weighted by Gasteiger charge is 2.38. The van der Waals surface area contributed by atoms with Crippen molar-refractivity contribution in [3.8, 4) is 28.1 Å². The summed E-state index contributed by atoms with van der Waals surface area (Å²) in [4.78, 5) is 24.3. The van der Waals surface area contributed by atoms with Gasteiger partial charge in [0.2, 0.25) is 5.88 Å². The fourth-order valence-corrected chi connectivity index (χ4v) is 6.07. The van der Waals surface area contributed by atoms with Gasteiger partial charge in [-0.05, 0) is 24.6 Å². The van der Waals surface area contributed by atoms with Crippen LogP contribution in [0.2, 0.25) is 0 Å². The van der Waals surface area contributed by atoms with Crippen molar-refractivity contribution < 1.29 is 42.4 Å². The molecule has 0 aliphatic carbocycles. The van der Waals surface area contributed by atoms with Gasteiger partial charge in [0.25, 0.3) is 12.3 Å². The van der Waals surface area contributed by atoms with Crippen LogP contribution in [0.5, 0.6) is 5.88 Å². The lowest BCUT2D eigenvalue weighted by atomic mass is 9.98. The molecule has 4 aromatic rings. The molecular weight excluding hydrogens is 608 g/mol. The first-order valence-electron chi connectivity index (χ1n) is 14.6. The second-order valence-electron chi connectivity index (χ2n) is 11.6. The molecule has 7 rings (SSSR count). The lowest BCUT2D eigenvalue weighted by Crippen LogP contribution is -2.48. The molecular formula is C30H28BF3N6O6. The van der Waals surface area contributed by atoms with E-state index in [2.05, 4.69) is 20.0 Å². The molecule has 238 valence electrons. The van der Waals surface area contributed by atoms with Crippen LogP contribution in [-0.2, 0) is 16.0 Å². The Morgan fingerprint density at radius 1 is 1.20 bits per heavy atom. The summed E-state index contributed by atoms with van der Waals surface area (Å²) in [5.41, 5.74) is 0.144. The van der Waals surface area contributed by atoms with E-state index in [0.717, 1.165) is 31.3 Å². The van der Waals surface area contributed by atoms with E-state index in [9.17, 15) is 23.8 Å². The van der Waals surface area contributed by atoms with Crippen molar-refractivity contribution >= 4 is 19.4 Å². The highest BCUT2D eigenvalue weighted by molar-refractivity contribution is 6.14. The molecule has 2 radical (unpaired) electrons. The smallest absolute Gasteiger partial charge is 0.266 e. The quantitative estimate of drug-likeness (QED) is 0.185. The summed E-state index contributed by atoms with van der Waals surface area (Å²) < 4.78 is 62.0. The maximum Gasteiger partial charge on any atom is 0.266 e. The highest BCUT2D eigenvalue weighted by Crippen LogP contribution is 2.37. The molecule has 3 saturated heterocycles. The van der Waals surface area contributed by atoms with Gasteiger partial charge >= 0.3 is 0 Å². The number of ether oxygens (including phenoxy) is 3. The normalized spacial score (nSPS) is 21.5. The zero-order valence-corrected chi connectivity index (χ0v) is 24.3. The molecule has 1 aromatic carbocycles. The number of carbonyl (C=O) groups excluding carboxylic acids is 1. The molecule has 3 aromatic heterocycles. The Morgan fingerprint density at radius 2 is 2.04 bits per heavy atom. The van der Waals surface area contributed by atoms with Crippen molar-refractivity contribution in [2.75, 3.05) is 26.4 Å². The first-order valence-corrected chi connectivity index (χ1v) is 14.6. The number of hydrogen-bond donors (Lipinski definition) is 3. The molecule has 6 heterocycles. The second-order valence-corrected chi connectivity index (χ2v) is 11.6.